The second-order valence-electron chi connectivity index (χ2n) is 3.02. The maximum atomic E-state index is 10.3. The van der Waals surface area contributed by atoms with Gasteiger partial charge in [-0.25, -0.2) is 0 Å². The Kier molecular flexibility index (Phi) is 1.47. The lowest BCUT2D eigenvalue weighted by Gasteiger charge is -2.37. The lowest BCUT2D eigenvalue weighted by Crippen LogP contribution is -2.37. The van der Waals surface area contributed by atoms with E-state index in [9.17, 15) is 4.79 Å². The molecule has 0 aromatic heterocycles. The molecule has 0 aliphatic heterocycles. The van der Waals surface area contributed by atoms with Crippen LogP contribution in [0.25, 0.3) is 0 Å². The van der Waals surface area contributed by atoms with Gasteiger partial charge in [-0.15, -0.1) is 0 Å². The predicted molar refractivity (Wildman–Crippen MR) is 34.1 cm³/mol. The van der Waals surface area contributed by atoms with Crippen molar-refractivity contribution in [3.63, 3.8) is 0 Å². The van der Waals surface area contributed by atoms with Gasteiger partial charge in [0.2, 0.25) is 0 Å². The number of aliphatic carboxylic acids is 1. The molecule has 0 unspecified atom stereocenters. The van der Waals surface area contributed by atoms with Crippen LogP contribution >= 0.6 is 0 Å². The number of hydrogen-bond donors (Lipinski definition) is 1. The van der Waals surface area contributed by atoms with Crippen LogP contribution in [0.2, 0.25) is 0 Å². The van der Waals surface area contributed by atoms with Gasteiger partial charge in [0.1, 0.15) is 0 Å². The summed E-state index contributed by atoms with van der Waals surface area (Å²) in [6.07, 6.45) is 0.872. The Labute approximate surface area is 54.9 Å². The summed E-state index contributed by atoms with van der Waals surface area (Å²) < 4.78 is 0. The third kappa shape index (κ3) is 0.934. The summed E-state index contributed by atoms with van der Waals surface area (Å²) in [6.45, 7) is 4.11. The lowest BCUT2D eigenvalue weighted by molar-refractivity contribution is -0.149. The Balaban J connectivity index is 2.42. The number of carboxylic acids is 1. The lowest BCUT2D eigenvalue weighted by atomic mass is 9.67. The van der Waals surface area contributed by atoms with E-state index < -0.39 is 5.97 Å². The third-order valence-corrected chi connectivity index (χ3v) is 2.48. The van der Waals surface area contributed by atoms with Crippen LogP contribution in [0.15, 0.2) is 0 Å². The zero-order valence-corrected chi connectivity index (χ0v) is 5.79. The first-order valence-electron chi connectivity index (χ1n) is 3.35. The fourth-order valence-electron chi connectivity index (χ4n) is 1.36. The molecule has 0 aromatic carbocycles. The van der Waals surface area contributed by atoms with Crippen LogP contribution in [-0.2, 0) is 4.79 Å². The monoisotopic (exact) mass is 128 g/mol. The number of hydrogen-bond acceptors (Lipinski definition) is 1. The van der Waals surface area contributed by atoms with E-state index in [0.717, 1.165) is 6.42 Å². The average Bonchev–Trinajstić information content (AvgIpc) is 1.81. The van der Waals surface area contributed by atoms with E-state index in [1.54, 1.807) is 0 Å². The summed E-state index contributed by atoms with van der Waals surface area (Å²) >= 11 is 0. The van der Waals surface area contributed by atoms with Crippen LogP contribution < -0.4 is 0 Å². The first-order valence-corrected chi connectivity index (χ1v) is 3.35. The minimum atomic E-state index is -0.624. The minimum Gasteiger partial charge on any atom is -0.481 e. The Morgan fingerprint density at radius 2 is 2.11 bits per heavy atom. The summed E-state index contributed by atoms with van der Waals surface area (Å²) in [5.41, 5.74) is 0. The highest BCUT2D eigenvalue weighted by molar-refractivity contribution is 5.71. The highest BCUT2D eigenvalue weighted by Crippen LogP contribution is 2.39. The first-order chi connectivity index (χ1) is 4.13. The summed E-state index contributed by atoms with van der Waals surface area (Å²) in [7, 11) is 0. The van der Waals surface area contributed by atoms with Gasteiger partial charge < -0.3 is 5.11 Å². The second kappa shape index (κ2) is 2.01. The highest BCUT2D eigenvalue weighted by Gasteiger charge is 2.39. The summed E-state index contributed by atoms with van der Waals surface area (Å²) in [5.74, 6) is 0.328. The van der Waals surface area contributed by atoms with Crippen LogP contribution in [0, 0.1) is 17.8 Å². The smallest absolute Gasteiger partial charge is 0.306 e. The van der Waals surface area contributed by atoms with Gasteiger partial charge >= 0.3 is 5.97 Å². The van der Waals surface area contributed by atoms with E-state index >= 15 is 0 Å². The van der Waals surface area contributed by atoms with E-state index in [4.69, 9.17) is 5.11 Å². The van der Waals surface area contributed by atoms with Crippen molar-refractivity contribution in [1.82, 2.24) is 0 Å². The molecule has 1 aliphatic carbocycles. The maximum Gasteiger partial charge on any atom is 0.306 e. The van der Waals surface area contributed by atoms with Crippen LogP contribution in [0.1, 0.15) is 20.3 Å². The molecule has 2 nitrogen and oxygen atoms in total. The molecule has 52 valence electrons. The molecule has 9 heavy (non-hydrogen) atoms. The Hall–Kier alpha value is -0.530. The molecule has 0 bridgehead atoms. The molecule has 1 fully saturated rings. The average molecular weight is 128 g/mol. The van der Waals surface area contributed by atoms with Gasteiger partial charge in [-0.2, -0.15) is 0 Å². The van der Waals surface area contributed by atoms with Crippen molar-refractivity contribution in [2.45, 2.75) is 20.3 Å². The van der Waals surface area contributed by atoms with Crippen LogP contribution in [0.3, 0.4) is 0 Å². The van der Waals surface area contributed by atoms with E-state index in [-0.39, 0.29) is 5.92 Å². The van der Waals surface area contributed by atoms with Gasteiger partial charge in [-0.05, 0) is 18.3 Å². The van der Waals surface area contributed by atoms with Crippen molar-refractivity contribution in [2.24, 2.45) is 17.8 Å². The quantitative estimate of drug-likeness (QED) is 0.579. The summed E-state index contributed by atoms with van der Waals surface area (Å²) in [5, 5.41) is 8.52. The molecular formula is C7H12O2. The van der Waals surface area contributed by atoms with Crippen molar-refractivity contribution in [1.29, 1.82) is 0 Å². The zero-order valence-electron chi connectivity index (χ0n) is 5.79. The van der Waals surface area contributed by atoms with Crippen molar-refractivity contribution in [3.05, 3.63) is 0 Å². The topological polar surface area (TPSA) is 37.3 Å². The molecule has 0 aromatic rings. The van der Waals surface area contributed by atoms with Gasteiger partial charge in [0.25, 0.3) is 0 Å². The molecule has 3 atom stereocenters. The van der Waals surface area contributed by atoms with Crippen molar-refractivity contribution >= 4 is 5.97 Å². The molecule has 0 spiro atoms. The SMILES string of the molecule is C[C@H]1[C@H](C)C[C@@H]1C(=O)O. The summed E-state index contributed by atoms with van der Waals surface area (Å²) in [6, 6.07) is 0. The van der Waals surface area contributed by atoms with E-state index in [2.05, 4.69) is 6.92 Å². The largest absolute Gasteiger partial charge is 0.481 e. The number of carboxylic acid groups (broad SMARTS) is 1. The van der Waals surface area contributed by atoms with Crippen molar-refractivity contribution in [3.8, 4) is 0 Å². The van der Waals surface area contributed by atoms with E-state index in [0.29, 0.717) is 11.8 Å². The van der Waals surface area contributed by atoms with E-state index in [1.165, 1.54) is 0 Å². The van der Waals surface area contributed by atoms with Crippen LogP contribution in [0.4, 0.5) is 0 Å². The molecule has 1 saturated carbocycles. The Morgan fingerprint density at radius 1 is 1.56 bits per heavy atom. The summed E-state index contributed by atoms with van der Waals surface area (Å²) in [4.78, 5) is 10.3. The Morgan fingerprint density at radius 3 is 2.22 bits per heavy atom. The zero-order chi connectivity index (χ0) is 7.02. The van der Waals surface area contributed by atoms with Gasteiger partial charge in [-0.3, -0.25) is 4.79 Å². The van der Waals surface area contributed by atoms with Gasteiger partial charge in [0.05, 0.1) is 5.92 Å². The fraction of sp³-hybridized carbons (Fsp3) is 0.857. The third-order valence-electron chi connectivity index (χ3n) is 2.48. The normalized spacial score (nSPS) is 41.8. The van der Waals surface area contributed by atoms with E-state index in [1.807, 2.05) is 6.92 Å². The fourth-order valence-corrected chi connectivity index (χ4v) is 1.36. The van der Waals surface area contributed by atoms with Crippen LogP contribution in [0.5, 0.6) is 0 Å². The van der Waals surface area contributed by atoms with Crippen molar-refractivity contribution < 1.29 is 9.90 Å². The molecule has 0 radical (unpaired) electrons. The molecule has 2 heteroatoms. The molecule has 1 aliphatic rings. The standard InChI is InChI=1S/C7H12O2/c1-4-3-6(5(4)2)7(8)9/h4-6H,3H2,1-2H3,(H,8,9)/t4-,5+,6+/m1/s1. The Bertz CT molecular complexity index is 131. The highest BCUT2D eigenvalue weighted by atomic mass is 16.4. The first kappa shape index (κ1) is 6.59. The molecular weight excluding hydrogens is 116 g/mol. The maximum absolute atomic E-state index is 10.3. The van der Waals surface area contributed by atoms with Gasteiger partial charge in [-0.1, -0.05) is 13.8 Å². The van der Waals surface area contributed by atoms with Gasteiger partial charge in [0, 0.05) is 0 Å². The number of carbonyl (C=O) groups is 1. The molecule has 0 saturated heterocycles. The molecule has 0 heterocycles. The molecule has 1 rings (SSSR count). The van der Waals surface area contributed by atoms with Crippen LogP contribution in [-0.4, -0.2) is 11.1 Å². The predicted octanol–water partition coefficient (Wildman–Crippen LogP) is 1.36. The molecule has 1 N–H and O–H groups in total. The van der Waals surface area contributed by atoms with Crippen molar-refractivity contribution in [2.75, 3.05) is 0 Å². The molecule has 0 amide bonds. The minimum absolute atomic E-state index is 0.0556. The second-order valence-corrected chi connectivity index (χ2v) is 3.02. The van der Waals surface area contributed by atoms with Gasteiger partial charge in [0.15, 0.2) is 0 Å². The number of rotatable bonds is 1.